The number of aromatic nitrogens is 2. The van der Waals surface area contributed by atoms with Crippen LogP contribution in [-0.2, 0) is 6.54 Å². The number of pyridine rings is 2. The lowest BCUT2D eigenvalue weighted by Gasteiger charge is -2.11. The number of amides is 1. The molecule has 1 amide bonds. The van der Waals surface area contributed by atoms with Crippen LogP contribution in [-0.4, -0.2) is 22.4 Å². The molecule has 0 bridgehead atoms. The van der Waals surface area contributed by atoms with Gasteiger partial charge in [0.15, 0.2) is 0 Å². The number of aryl methyl sites for hydroxylation is 2. The molecule has 0 aliphatic rings. The van der Waals surface area contributed by atoms with Gasteiger partial charge in [0.1, 0.15) is 0 Å². The summed E-state index contributed by atoms with van der Waals surface area (Å²) in [6.07, 6.45) is 1.60. The fourth-order valence-electron chi connectivity index (χ4n) is 2.04. The maximum absolute atomic E-state index is 12.3. The highest BCUT2D eigenvalue weighted by molar-refractivity contribution is 5.99. The molecule has 0 fully saturated rings. The first-order valence-corrected chi connectivity index (χ1v) is 7.01. The Kier molecular flexibility index (Phi) is 4.87. The SMILES string of the molecule is CCNc1cc(C)ncc1C(=O)NCc1cccc(C)n1. The van der Waals surface area contributed by atoms with Crippen LogP contribution in [0.15, 0.2) is 30.5 Å². The van der Waals surface area contributed by atoms with Crippen LogP contribution < -0.4 is 10.6 Å². The first-order chi connectivity index (χ1) is 10.1. The number of nitrogens with one attached hydrogen (secondary N) is 2. The van der Waals surface area contributed by atoms with E-state index < -0.39 is 0 Å². The molecule has 0 aliphatic heterocycles. The molecule has 2 N–H and O–H groups in total. The van der Waals surface area contributed by atoms with Gasteiger partial charge in [-0.2, -0.15) is 0 Å². The minimum Gasteiger partial charge on any atom is -0.385 e. The molecule has 110 valence electrons. The van der Waals surface area contributed by atoms with Crippen LogP contribution in [0.3, 0.4) is 0 Å². The van der Waals surface area contributed by atoms with Crippen molar-refractivity contribution >= 4 is 11.6 Å². The second kappa shape index (κ2) is 6.83. The van der Waals surface area contributed by atoms with Crippen molar-refractivity contribution in [2.75, 3.05) is 11.9 Å². The molecule has 2 heterocycles. The standard InChI is InChI=1S/C16H20N4O/c1-4-17-15-8-12(3)18-10-14(15)16(21)19-9-13-7-5-6-11(2)20-13/h5-8,10H,4,9H2,1-3H3,(H,17,18)(H,19,21). The first-order valence-electron chi connectivity index (χ1n) is 7.01. The first kappa shape index (κ1) is 15.0. The van der Waals surface area contributed by atoms with E-state index in [0.717, 1.165) is 29.3 Å². The van der Waals surface area contributed by atoms with E-state index in [1.807, 2.05) is 45.0 Å². The Morgan fingerprint density at radius 3 is 2.76 bits per heavy atom. The summed E-state index contributed by atoms with van der Waals surface area (Å²) < 4.78 is 0. The number of hydrogen-bond donors (Lipinski definition) is 2. The van der Waals surface area contributed by atoms with E-state index >= 15 is 0 Å². The fourth-order valence-corrected chi connectivity index (χ4v) is 2.04. The highest BCUT2D eigenvalue weighted by Crippen LogP contribution is 2.15. The molecule has 2 aromatic heterocycles. The monoisotopic (exact) mass is 284 g/mol. The lowest BCUT2D eigenvalue weighted by Crippen LogP contribution is -2.24. The van der Waals surface area contributed by atoms with Crippen molar-refractivity contribution in [1.82, 2.24) is 15.3 Å². The van der Waals surface area contributed by atoms with Crippen molar-refractivity contribution in [3.8, 4) is 0 Å². The summed E-state index contributed by atoms with van der Waals surface area (Å²) in [5, 5.41) is 6.07. The maximum atomic E-state index is 12.3. The van der Waals surface area contributed by atoms with Gasteiger partial charge in [-0.1, -0.05) is 6.07 Å². The van der Waals surface area contributed by atoms with E-state index in [2.05, 4.69) is 20.6 Å². The Bertz CT molecular complexity index is 640. The summed E-state index contributed by atoms with van der Waals surface area (Å²) in [6, 6.07) is 7.63. The third-order valence-corrected chi connectivity index (χ3v) is 3.03. The Balaban J connectivity index is 2.09. The zero-order valence-corrected chi connectivity index (χ0v) is 12.6. The summed E-state index contributed by atoms with van der Waals surface area (Å²) in [7, 11) is 0. The van der Waals surface area contributed by atoms with Gasteiger partial charge in [0.2, 0.25) is 0 Å². The molecule has 0 unspecified atom stereocenters. The molecule has 0 aliphatic carbocycles. The predicted molar refractivity (Wildman–Crippen MR) is 83.3 cm³/mol. The zero-order valence-electron chi connectivity index (χ0n) is 12.6. The molecule has 21 heavy (non-hydrogen) atoms. The number of carbonyl (C=O) groups is 1. The molecule has 2 aromatic rings. The van der Waals surface area contributed by atoms with Gasteiger partial charge in [-0.05, 0) is 39.0 Å². The highest BCUT2D eigenvalue weighted by atomic mass is 16.1. The van der Waals surface area contributed by atoms with E-state index in [1.165, 1.54) is 0 Å². The van der Waals surface area contributed by atoms with Crippen molar-refractivity contribution in [2.45, 2.75) is 27.3 Å². The molecule has 0 atom stereocenters. The molecule has 0 radical (unpaired) electrons. The van der Waals surface area contributed by atoms with Gasteiger partial charge in [-0.3, -0.25) is 14.8 Å². The summed E-state index contributed by atoms with van der Waals surface area (Å²) in [6.45, 7) is 6.98. The number of anilines is 1. The summed E-state index contributed by atoms with van der Waals surface area (Å²) in [5.41, 5.74) is 4.01. The molecular weight excluding hydrogens is 264 g/mol. The van der Waals surface area contributed by atoms with Crippen molar-refractivity contribution in [3.63, 3.8) is 0 Å². The van der Waals surface area contributed by atoms with Gasteiger partial charge in [-0.15, -0.1) is 0 Å². The highest BCUT2D eigenvalue weighted by Gasteiger charge is 2.12. The molecule has 0 spiro atoms. The van der Waals surface area contributed by atoms with Crippen molar-refractivity contribution in [1.29, 1.82) is 0 Å². The van der Waals surface area contributed by atoms with Crippen LogP contribution in [0, 0.1) is 13.8 Å². The minimum atomic E-state index is -0.151. The molecule has 5 heteroatoms. The van der Waals surface area contributed by atoms with Crippen LogP contribution in [0.2, 0.25) is 0 Å². The average Bonchev–Trinajstić information content (AvgIpc) is 2.45. The Morgan fingerprint density at radius 2 is 2.05 bits per heavy atom. The van der Waals surface area contributed by atoms with Crippen LogP contribution in [0.25, 0.3) is 0 Å². The van der Waals surface area contributed by atoms with Crippen LogP contribution in [0.4, 0.5) is 5.69 Å². The fraction of sp³-hybridized carbons (Fsp3) is 0.312. The van der Waals surface area contributed by atoms with Crippen molar-refractivity contribution < 1.29 is 4.79 Å². The van der Waals surface area contributed by atoms with Gasteiger partial charge in [0.05, 0.1) is 23.5 Å². The molecule has 5 nitrogen and oxygen atoms in total. The van der Waals surface area contributed by atoms with Gasteiger partial charge in [-0.25, -0.2) is 0 Å². The van der Waals surface area contributed by atoms with Gasteiger partial charge < -0.3 is 10.6 Å². The molecule has 0 aromatic carbocycles. The number of hydrogen-bond acceptors (Lipinski definition) is 4. The van der Waals surface area contributed by atoms with E-state index in [-0.39, 0.29) is 5.91 Å². The number of rotatable bonds is 5. The van der Waals surface area contributed by atoms with E-state index in [0.29, 0.717) is 12.1 Å². The Morgan fingerprint density at radius 1 is 1.24 bits per heavy atom. The minimum absolute atomic E-state index is 0.151. The molecule has 0 saturated carbocycles. The quantitative estimate of drug-likeness (QED) is 0.885. The van der Waals surface area contributed by atoms with Crippen molar-refractivity contribution in [3.05, 3.63) is 53.1 Å². The second-order valence-electron chi connectivity index (χ2n) is 4.85. The summed E-state index contributed by atoms with van der Waals surface area (Å²) in [4.78, 5) is 20.9. The molecule has 2 rings (SSSR count). The predicted octanol–water partition coefficient (Wildman–Crippen LogP) is 2.46. The van der Waals surface area contributed by atoms with E-state index in [4.69, 9.17) is 0 Å². The van der Waals surface area contributed by atoms with Crippen LogP contribution >= 0.6 is 0 Å². The lowest BCUT2D eigenvalue weighted by atomic mass is 10.2. The normalized spacial score (nSPS) is 10.2. The molecule has 0 saturated heterocycles. The third kappa shape index (κ3) is 4.02. The summed E-state index contributed by atoms with van der Waals surface area (Å²) in [5.74, 6) is -0.151. The topological polar surface area (TPSA) is 66.9 Å². The third-order valence-electron chi connectivity index (χ3n) is 3.03. The lowest BCUT2D eigenvalue weighted by molar-refractivity contribution is 0.0951. The van der Waals surface area contributed by atoms with Crippen molar-refractivity contribution in [2.24, 2.45) is 0 Å². The van der Waals surface area contributed by atoms with Gasteiger partial charge in [0, 0.05) is 24.1 Å². The summed E-state index contributed by atoms with van der Waals surface area (Å²) >= 11 is 0. The van der Waals surface area contributed by atoms with Gasteiger partial charge in [0.25, 0.3) is 5.91 Å². The second-order valence-corrected chi connectivity index (χ2v) is 4.85. The average molecular weight is 284 g/mol. The van der Waals surface area contributed by atoms with Crippen LogP contribution in [0.1, 0.15) is 34.4 Å². The van der Waals surface area contributed by atoms with Crippen LogP contribution in [0.5, 0.6) is 0 Å². The smallest absolute Gasteiger partial charge is 0.255 e. The Hall–Kier alpha value is -2.43. The number of nitrogens with zero attached hydrogens (tertiary/aromatic N) is 2. The van der Waals surface area contributed by atoms with E-state index in [9.17, 15) is 4.79 Å². The molecular formula is C16H20N4O. The maximum Gasteiger partial charge on any atom is 0.255 e. The van der Waals surface area contributed by atoms with Gasteiger partial charge >= 0.3 is 0 Å². The Labute approximate surface area is 124 Å². The van der Waals surface area contributed by atoms with E-state index in [1.54, 1.807) is 6.20 Å². The zero-order chi connectivity index (χ0) is 15.2. The largest absolute Gasteiger partial charge is 0.385 e. The number of carbonyl (C=O) groups excluding carboxylic acids is 1.